The maximum absolute atomic E-state index is 12.1. The molecule has 31 heavy (non-hydrogen) atoms. The molecule has 1 saturated heterocycles. The molecular formula is C21H24N6O4. The molecule has 2 aliphatic rings. The second kappa shape index (κ2) is 7.60. The molecular weight excluding hydrogens is 400 g/mol. The van der Waals surface area contributed by atoms with Gasteiger partial charge in [0.15, 0.2) is 17.1 Å². The van der Waals surface area contributed by atoms with Crippen LogP contribution in [0.1, 0.15) is 19.8 Å². The zero-order chi connectivity index (χ0) is 21.5. The normalized spacial score (nSPS) is 16.1. The van der Waals surface area contributed by atoms with Crippen molar-refractivity contribution >= 4 is 28.8 Å². The van der Waals surface area contributed by atoms with E-state index in [9.17, 15) is 4.79 Å². The molecule has 1 fully saturated rings. The number of fused-ring (bicyclic) bond motifs is 2. The van der Waals surface area contributed by atoms with Crippen LogP contribution in [0.3, 0.4) is 0 Å². The van der Waals surface area contributed by atoms with Crippen LogP contribution < -0.4 is 20.1 Å². The van der Waals surface area contributed by atoms with Crippen LogP contribution in [-0.2, 0) is 16.6 Å². The van der Waals surface area contributed by atoms with Gasteiger partial charge in [-0.25, -0.2) is 4.98 Å². The quantitative estimate of drug-likeness (QED) is 0.628. The minimum Gasteiger partial charge on any atom is -0.466 e. The summed E-state index contributed by atoms with van der Waals surface area (Å²) in [4.78, 5) is 23.7. The number of esters is 1. The topological polar surface area (TPSA) is 118 Å². The van der Waals surface area contributed by atoms with E-state index in [0.717, 1.165) is 5.56 Å². The number of hydrogen-bond donors (Lipinski definition) is 1. The number of piperidine rings is 1. The fourth-order valence-electron chi connectivity index (χ4n) is 4.07. The molecule has 4 heterocycles. The minimum atomic E-state index is -0.128. The van der Waals surface area contributed by atoms with E-state index in [2.05, 4.69) is 15.0 Å². The van der Waals surface area contributed by atoms with E-state index >= 15 is 0 Å². The summed E-state index contributed by atoms with van der Waals surface area (Å²) in [5.74, 6) is 2.23. The summed E-state index contributed by atoms with van der Waals surface area (Å²) in [6.07, 6.45) is 1.40. The molecule has 1 aromatic carbocycles. The van der Waals surface area contributed by atoms with Gasteiger partial charge in [0.05, 0.1) is 23.6 Å². The van der Waals surface area contributed by atoms with Gasteiger partial charge in [-0.15, -0.1) is 0 Å². The first-order valence-corrected chi connectivity index (χ1v) is 10.4. The van der Waals surface area contributed by atoms with E-state index in [0.29, 0.717) is 72.5 Å². The van der Waals surface area contributed by atoms with Gasteiger partial charge in [-0.2, -0.15) is 10.1 Å². The molecule has 0 spiro atoms. The Bertz CT molecular complexity index is 1150. The highest BCUT2D eigenvalue weighted by molar-refractivity contribution is 5.99. The van der Waals surface area contributed by atoms with Gasteiger partial charge in [-0.05, 0) is 38.0 Å². The van der Waals surface area contributed by atoms with Crippen LogP contribution in [0.25, 0.3) is 22.3 Å². The summed E-state index contributed by atoms with van der Waals surface area (Å²) in [6.45, 7) is 3.76. The van der Waals surface area contributed by atoms with Crippen molar-refractivity contribution in [1.82, 2.24) is 19.7 Å². The molecule has 162 valence electrons. The number of nitrogens with two attached hydrogens (primary N) is 1. The van der Waals surface area contributed by atoms with Crippen LogP contribution in [0.15, 0.2) is 18.2 Å². The van der Waals surface area contributed by atoms with Crippen molar-refractivity contribution in [3.8, 4) is 22.8 Å². The standard InChI is InChI=1S/C21H24N6O4/c1-3-29-20(28)12-6-8-27(9-7-12)21-23-17(16-18(22)26(2)25-19(16)24-21)13-4-5-14-15(10-13)31-11-30-14/h4-5,10,12H,3,6-9,11,22H2,1-2H3. The van der Waals surface area contributed by atoms with Crippen LogP contribution in [-0.4, -0.2) is 52.2 Å². The zero-order valence-electron chi connectivity index (χ0n) is 17.5. The second-order valence-electron chi connectivity index (χ2n) is 7.66. The maximum Gasteiger partial charge on any atom is 0.309 e. The van der Waals surface area contributed by atoms with Crippen molar-refractivity contribution in [2.24, 2.45) is 13.0 Å². The van der Waals surface area contributed by atoms with E-state index in [4.69, 9.17) is 24.9 Å². The Morgan fingerprint density at radius 2 is 2.00 bits per heavy atom. The molecule has 10 nitrogen and oxygen atoms in total. The molecule has 0 amide bonds. The van der Waals surface area contributed by atoms with Gasteiger partial charge in [-0.3, -0.25) is 9.48 Å². The lowest BCUT2D eigenvalue weighted by atomic mass is 9.97. The van der Waals surface area contributed by atoms with E-state index in [-0.39, 0.29) is 18.7 Å². The van der Waals surface area contributed by atoms with Crippen molar-refractivity contribution in [2.75, 3.05) is 37.1 Å². The van der Waals surface area contributed by atoms with Crippen molar-refractivity contribution in [3.05, 3.63) is 18.2 Å². The highest BCUT2D eigenvalue weighted by atomic mass is 16.7. The number of rotatable bonds is 4. The van der Waals surface area contributed by atoms with Crippen LogP contribution >= 0.6 is 0 Å². The van der Waals surface area contributed by atoms with Crippen molar-refractivity contribution < 1.29 is 19.0 Å². The Balaban J connectivity index is 1.52. The molecule has 0 bridgehead atoms. The third-order valence-corrected chi connectivity index (χ3v) is 5.77. The number of aryl methyl sites for hydroxylation is 1. The van der Waals surface area contributed by atoms with Crippen LogP contribution in [0, 0.1) is 5.92 Å². The first-order valence-electron chi connectivity index (χ1n) is 10.4. The number of anilines is 2. The second-order valence-corrected chi connectivity index (χ2v) is 7.66. The number of hydrogen-bond acceptors (Lipinski definition) is 9. The summed E-state index contributed by atoms with van der Waals surface area (Å²) in [6, 6.07) is 5.69. The van der Waals surface area contributed by atoms with Gasteiger partial charge >= 0.3 is 5.97 Å². The molecule has 5 rings (SSSR count). The highest BCUT2D eigenvalue weighted by Gasteiger charge is 2.28. The van der Waals surface area contributed by atoms with Crippen LogP contribution in [0.4, 0.5) is 11.8 Å². The summed E-state index contributed by atoms with van der Waals surface area (Å²) in [7, 11) is 1.78. The molecule has 0 saturated carbocycles. The smallest absolute Gasteiger partial charge is 0.309 e. The predicted octanol–water partition coefficient (Wildman–Crippen LogP) is 2.12. The monoisotopic (exact) mass is 424 g/mol. The number of carbonyl (C=O) groups is 1. The molecule has 0 atom stereocenters. The Kier molecular flexibility index (Phi) is 4.76. The number of ether oxygens (including phenoxy) is 3. The van der Waals surface area contributed by atoms with Gasteiger partial charge in [0, 0.05) is 25.7 Å². The average molecular weight is 424 g/mol. The SMILES string of the molecule is CCOC(=O)C1CCN(c2nc(-c3ccc4c(c3)OCO4)c3c(N)n(C)nc3n2)CC1. The van der Waals surface area contributed by atoms with Gasteiger partial charge in [0.1, 0.15) is 5.82 Å². The lowest BCUT2D eigenvalue weighted by Crippen LogP contribution is -2.38. The number of nitrogens with zero attached hydrogens (tertiary/aromatic N) is 5. The Morgan fingerprint density at radius 3 is 2.77 bits per heavy atom. The number of benzene rings is 1. The molecule has 2 aliphatic heterocycles. The predicted molar refractivity (Wildman–Crippen MR) is 114 cm³/mol. The molecule has 0 unspecified atom stereocenters. The van der Waals surface area contributed by atoms with Crippen LogP contribution in [0.2, 0.25) is 0 Å². The Morgan fingerprint density at radius 1 is 1.23 bits per heavy atom. The number of aromatic nitrogens is 4. The zero-order valence-corrected chi connectivity index (χ0v) is 17.5. The summed E-state index contributed by atoms with van der Waals surface area (Å²) in [5.41, 5.74) is 8.37. The summed E-state index contributed by atoms with van der Waals surface area (Å²) in [5, 5.41) is 5.18. The first kappa shape index (κ1) is 19.4. The van der Waals surface area contributed by atoms with E-state index in [1.165, 1.54) is 0 Å². The van der Waals surface area contributed by atoms with Crippen molar-refractivity contribution in [3.63, 3.8) is 0 Å². The summed E-state index contributed by atoms with van der Waals surface area (Å²) < 4.78 is 17.7. The van der Waals surface area contributed by atoms with E-state index < -0.39 is 0 Å². The molecule has 2 N–H and O–H groups in total. The average Bonchev–Trinajstić information content (AvgIpc) is 3.37. The molecule has 3 aromatic rings. The number of carbonyl (C=O) groups excluding carboxylic acids is 1. The van der Waals surface area contributed by atoms with Crippen LogP contribution in [0.5, 0.6) is 11.5 Å². The molecule has 0 aliphatic carbocycles. The third kappa shape index (κ3) is 3.37. The fourth-order valence-corrected chi connectivity index (χ4v) is 4.07. The van der Waals surface area contributed by atoms with Crippen molar-refractivity contribution in [1.29, 1.82) is 0 Å². The highest BCUT2D eigenvalue weighted by Crippen LogP contribution is 2.39. The molecule has 0 radical (unpaired) electrons. The largest absolute Gasteiger partial charge is 0.466 e. The van der Waals surface area contributed by atoms with Gasteiger partial charge in [-0.1, -0.05) is 0 Å². The lowest BCUT2D eigenvalue weighted by Gasteiger charge is -2.31. The van der Waals surface area contributed by atoms with Gasteiger partial charge in [0.2, 0.25) is 12.7 Å². The molecule has 2 aromatic heterocycles. The Labute approximate surface area is 178 Å². The first-order chi connectivity index (χ1) is 15.0. The van der Waals surface area contributed by atoms with E-state index in [1.54, 1.807) is 11.7 Å². The summed E-state index contributed by atoms with van der Waals surface area (Å²) >= 11 is 0. The lowest BCUT2D eigenvalue weighted by molar-refractivity contribution is -0.148. The maximum atomic E-state index is 12.1. The third-order valence-electron chi connectivity index (χ3n) is 5.77. The van der Waals surface area contributed by atoms with E-state index in [1.807, 2.05) is 25.1 Å². The molecule has 10 heteroatoms. The number of nitrogen functional groups attached to an aromatic ring is 1. The minimum absolute atomic E-state index is 0.0845. The van der Waals surface area contributed by atoms with Gasteiger partial charge < -0.3 is 24.8 Å². The fraction of sp³-hybridized carbons (Fsp3) is 0.429. The Hall–Kier alpha value is -3.56. The van der Waals surface area contributed by atoms with Gasteiger partial charge in [0.25, 0.3) is 0 Å². The van der Waals surface area contributed by atoms with Crippen molar-refractivity contribution in [2.45, 2.75) is 19.8 Å².